The van der Waals surface area contributed by atoms with Crippen LogP contribution in [0.5, 0.6) is 0 Å². The molecule has 1 fully saturated rings. The summed E-state index contributed by atoms with van der Waals surface area (Å²) >= 11 is 0. The van der Waals surface area contributed by atoms with Crippen molar-refractivity contribution in [2.75, 3.05) is 42.5 Å². The van der Waals surface area contributed by atoms with Crippen molar-refractivity contribution in [2.24, 2.45) is 0 Å². The molecule has 2 aromatic carbocycles. The van der Waals surface area contributed by atoms with Crippen LogP contribution < -0.4 is 9.80 Å². The van der Waals surface area contributed by atoms with Crippen LogP contribution in [0.2, 0.25) is 0 Å². The van der Waals surface area contributed by atoms with Crippen LogP contribution in [0.3, 0.4) is 0 Å². The first kappa shape index (κ1) is 18.6. The van der Waals surface area contributed by atoms with Gasteiger partial charge < -0.3 is 14.7 Å². The minimum absolute atomic E-state index is 0.0440. The number of amides is 1. The fourth-order valence-corrected chi connectivity index (χ4v) is 4.27. The lowest BCUT2D eigenvalue weighted by atomic mass is 10.00. The number of para-hydroxylation sites is 1. The van der Waals surface area contributed by atoms with Crippen LogP contribution in [0, 0.1) is 0 Å². The number of carbonyl (C=O) groups is 1. The summed E-state index contributed by atoms with van der Waals surface area (Å²) in [4.78, 5) is 19.4. The lowest BCUT2D eigenvalue weighted by Gasteiger charge is -2.36. The van der Waals surface area contributed by atoms with E-state index < -0.39 is 0 Å². The minimum Gasteiger partial charge on any atom is -0.368 e. The van der Waals surface area contributed by atoms with Gasteiger partial charge in [0.05, 0.1) is 0 Å². The average molecular weight is 399 g/mol. The molecule has 152 valence electrons. The highest BCUT2D eigenvalue weighted by atomic mass is 16.2. The van der Waals surface area contributed by atoms with E-state index in [1.54, 1.807) is 0 Å². The van der Waals surface area contributed by atoms with Crippen molar-refractivity contribution in [2.45, 2.75) is 13.0 Å². The molecule has 0 spiro atoms. The average Bonchev–Trinajstić information content (AvgIpc) is 2.84. The van der Waals surface area contributed by atoms with Crippen LogP contribution in [-0.4, -0.2) is 53.7 Å². The van der Waals surface area contributed by atoms with Gasteiger partial charge in [-0.2, -0.15) is 0 Å². The molecule has 3 aromatic rings. The van der Waals surface area contributed by atoms with Crippen molar-refractivity contribution in [1.82, 2.24) is 15.1 Å². The van der Waals surface area contributed by atoms with Crippen molar-refractivity contribution < 1.29 is 4.79 Å². The Balaban J connectivity index is 1.21. The number of hydrogen-bond donors (Lipinski definition) is 0. The molecule has 3 heterocycles. The Morgan fingerprint density at radius 3 is 2.13 bits per heavy atom. The summed E-state index contributed by atoms with van der Waals surface area (Å²) in [6.07, 6.45) is 0.888. The molecule has 0 bridgehead atoms. The Morgan fingerprint density at radius 2 is 1.40 bits per heavy atom. The Labute approximate surface area is 176 Å². The normalized spacial score (nSPS) is 16.3. The Hall–Kier alpha value is -3.41. The van der Waals surface area contributed by atoms with E-state index >= 15 is 0 Å². The molecule has 1 aromatic heterocycles. The van der Waals surface area contributed by atoms with Gasteiger partial charge in [-0.15, -0.1) is 10.2 Å². The molecule has 1 amide bonds. The largest absolute Gasteiger partial charge is 0.368 e. The Bertz CT molecular complexity index is 1010. The van der Waals surface area contributed by atoms with Gasteiger partial charge in [-0.25, -0.2) is 0 Å². The van der Waals surface area contributed by atoms with E-state index in [9.17, 15) is 4.79 Å². The number of rotatable bonds is 3. The Kier molecular flexibility index (Phi) is 5.05. The van der Waals surface area contributed by atoms with Crippen molar-refractivity contribution >= 4 is 17.4 Å². The molecule has 0 radical (unpaired) electrons. The van der Waals surface area contributed by atoms with E-state index in [4.69, 9.17) is 0 Å². The summed E-state index contributed by atoms with van der Waals surface area (Å²) in [5.41, 5.74) is 4.23. The second-order valence-corrected chi connectivity index (χ2v) is 7.83. The number of carbonyl (C=O) groups excluding carboxylic acids is 1. The van der Waals surface area contributed by atoms with Crippen LogP contribution >= 0.6 is 0 Å². The quantitative estimate of drug-likeness (QED) is 0.678. The summed E-state index contributed by atoms with van der Waals surface area (Å²) in [6.45, 7) is 5.03. The summed E-state index contributed by atoms with van der Waals surface area (Å²) in [5, 5.41) is 8.64. The lowest BCUT2D eigenvalue weighted by molar-refractivity contribution is 0.0727. The van der Waals surface area contributed by atoms with Crippen molar-refractivity contribution in [1.29, 1.82) is 0 Å². The summed E-state index contributed by atoms with van der Waals surface area (Å²) in [7, 11) is 0. The third-order valence-corrected chi connectivity index (χ3v) is 6.01. The van der Waals surface area contributed by atoms with E-state index in [0.29, 0.717) is 12.2 Å². The predicted molar refractivity (Wildman–Crippen MR) is 118 cm³/mol. The standard InChI is InChI=1S/C24H25N5O/c30-24(29-13-12-19-6-4-5-7-20(19)18-29)22-10-11-23(26-25-22)28-16-14-27(15-17-28)21-8-2-1-3-9-21/h1-11H,12-18H2. The van der Waals surface area contributed by atoms with Gasteiger partial charge in [-0.05, 0) is 41.8 Å². The van der Waals surface area contributed by atoms with E-state index in [0.717, 1.165) is 45.0 Å². The highest BCUT2D eigenvalue weighted by molar-refractivity contribution is 5.92. The van der Waals surface area contributed by atoms with Gasteiger partial charge >= 0.3 is 0 Å². The van der Waals surface area contributed by atoms with Gasteiger partial charge in [0.15, 0.2) is 11.5 Å². The van der Waals surface area contributed by atoms with Crippen LogP contribution in [0.25, 0.3) is 0 Å². The van der Waals surface area contributed by atoms with E-state index in [1.165, 1.54) is 16.8 Å². The van der Waals surface area contributed by atoms with E-state index in [1.807, 2.05) is 29.2 Å². The molecule has 0 saturated carbocycles. The van der Waals surface area contributed by atoms with E-state index in [-0.39, 0.29) is 5.91 Å². The fraction of sp³-hybridized carbons (Fsp3) is 0.292. The highest BCUT2D eigenvalue weighted by Gasteiger charge is 2.24. The van der Waals surface area contributed by atoms with Gasteiger partial charge in [0.1, 0.15) is 0 Å². The maximum atomic E-state index is 12.9. The molecular formula is C24H25N5O. The predicted octanol–water partition coefficient (Wildman–Crippen LogP) is 3.00. The minimum atomic E-state index is -0.0440. The molecule has 0 atom stereocenters. The van der Waals surface area contributed by atoms with Crippen LogP contribution in [-0.2, 0) is 13.0 Å². The smallest absolute Gasteiger partial charge is 0.274 e. The monoisotopic (exact) mass is 399 g/mol. The zero-order chi connectivity index (χ0) is 20.3. The zero-order valence-electron chi connectivity index (χ0n) is 16.9. The number of nitrogens with zero attached hydrogens (tertiary/aromatic N) is 5. The van der Waals surface area contributed by atoms with Crippen molar-refractivity contribution in [3.05, 3.63) is 83.6 Å². The second kappa shape index (κ2) is 8.14. The second-order valence-electron chi connectivity index (χ2n) is 7.83. The lowest BCUT2D eigenvalue weighted by Crippen LogP contribution is -2.47. The molecule has 0 N–H and O–H groups in total. The molecular weight excluding hydrogens is 374 g/mol. The molecule has 2 aliphatic rings. The SMILES string of the molecule is O=C(c1ccc(N2CCN(c3ccccc3)CC2)nn1)N1CCc2ccccc2C1. The number of aromatic nitrogens is 2. The molecule has 0 unspecified atom stereocenters. The van der Waals surface area contributed by atoms with Crippen molar-refractivity contribution in [3.8, 4) is 0 Å². The first-order chi connectivity index (χ1) is 14.8. The fourth-order valence-electron chi connectivity index (χ4n) is 4.27. The van der Waals surface area contributed by atoms with Crippen LogP contribution in [0.15, 0.2) is 66.7 Å². The van der Waals surface area contributed by atoms with Gasteiger partial charge in [0.25, 0.3) is 5.91 Å². The Morgan fingerprint density at radius 1 is 0.700 bits per heavy atom. The number of anilines is 2. The maximum Gasteiger partial charge on any atom is 0.274 e. The molecule has 0 aliphatic carbocycles. The van der Waals surface area contributed by atoms with Crippen LogP contribution in [0.4, 0.5) is 11.5 Å². The third kappa shape index (κ3) is 3.73. The zero-order valence-corrected chi connectivity index (χ0v) is 16.9. The molecule has 5 rings (SSSR count). The van der Waals surface area contributed by atoms with Gasteiger partial charge in [-0.3, -0.25) is 4.79 Å². The summed E-state index contributed by atoms with van der Waals surface area (Å²) in [6, 6.07) is 22.5. The van der Waals surface area contributed by atoms with Gasteiger partial charge in [-0.1, -0.05) is 42.5 Å². The van der Waals surface area contributed by atoms with Crippen molar-refractivity contribution in [3.63, 3.8) is 0 Å². The number of hydrogen-bond acceptors (Lipinski definition) is 5. The molecule has 2 aliphatic heterocycles. The third-order valence-electron chi connectivity index (χ3n) is 6.01. The van der Waals surface area contributed by atoms with E-state index in [2.05, 4.69) is 62.5 Å². The first-order valence-corrected chi connectivity index (χ1v) is 10.5. The van der Waals surface area contributed by atoms with Gasteiger partial charge in [0, 0.05) is 45.0 Å². The topological polar surface area (TPSA) is 52.6 Å². The van der Waals surface area contributed by atoms with Crippen LogP contribution in [0.1, 0.15) is 21.6 Å². The highest BCUT2D eigenvalue weighted by Crippen LogP contribution is 2.21. The molecule has 6 nitrogen and oxygen atoms in total. The number of fused-ring (bicyclic) bond motifs is 1. The summed E-state index contributed by atoms with van der Waals surface area (Å²) in [5.74, 6) is 0.792. The molecule has 30 heavy (non-hydrogen) atoms. The summed E-state index contributed by atoms with van der Waals surface area (Å²) < 4.78 is 0. The van der Waals surface area contributed by atoms with Gasteiger partial charge in [0.2, 0.25) is 0 Å². The molecule has 6 heteroatoms. The number of piperazine rings is 1. The number of benzene rings is 2. The first-order valence-electron chi connectivity index (χ1n) is 10.5. The molecule has 1 saturated heterocycles. The maximum absolute atomic E-state index is 12.9.